The smallest absolute Gasteiger partial charge is 0.133 e. The Hall–Kier alpha value is -2.29. The Balaban J connectivity index is 1.40. The third kappa shape index (κ3) is 5.35. The molecule has 1 atom stereocenters. The standard InChI is InChI=1S/C23H28O3/c24-20-12-7-11-19(16-20)22-14-13-21(17-23(22)25)26-15-6-2-5-10-18-8-3-1-4-9-18/h1,3-4,8-9,13-14,17,19,25H,2,5-7,10-12,15-16H2. The quantitative estimate of drug-likeness (QED) is 0.646. The van der Waals surface area contributed by atoms with E-state index in [1.807, 2.05) is 18.2 Å². The Kier molecular flexibility index (Phi) is 6.70. The van der Waals surface area contributed by atoms with Gasteiger partial charge < -0.3 is 9.84 Å². The summed E-state index contributed by atoms with van der Waals surface area (Å²) in [6.07, 6.45) is 7.53. The maximum Gasteiger partial charge on any atom is 0.133 e. The van der Waals surface area contributed by atoms with Crippen LogP contribution in [0.3, 0.4) is 0 Å². The summed E-state index contributed by atoms with van der Waals surface area (Å²) in [4.78, 5) is 11.6. The van der Waals surface area contributed by atoms with Crippen molar-refractivity contribution < 1.29 is 14.6 Å². The summed E-state index contributed by atoms with van der Waals surface area (Å²) >= 11 is 0. The molecule has 0 spiro atoms. The molecular weight excluding hydrogens is 324 g/mol. The number of carbonyl (C=O) groups is 1. The molecule has 0 amide bonds. The lowest BCUT2D eigenvalue weighted by atomic mass is 9.83. The molecule has 1 saturated carbocycles. The summed E-state index contributed by atoms with van der Waals surface area (Å²) in [5, 5.41) is 10.3. The monoisotopic (exact) mass is 352 g/mol. The van der Waals surface area contributed by atoms with Crippen molar-refractivity contribution in [2.75, 3.05) is 6.61 Å². The molecule has 1 fully saturated rings. The lowest BCUT2D eigenvalue weighted by Crippen LogP contribution is -2.13. The molecule has 3 rings (SSSR count). The number of benzene rings is 2. The lowest BCUT2D eigenvalue weighted by molar-refractivity contribution is -0.120. The fraction of sp³-hybridized carbons (Fsp3) is 0.435. The van der Waals surface area contributed by atoms with Crippen LogP contribution >= 0.6 is 0 Å². The van der Waals surface area contributed by atoms with Gasteiger partial charge >= 0.3 is 0 Å². The molecule has 1 aliphatic carbocycles. The van der Waals surface area contributed by atoms with Crippen molar-refractivity contribution in [2.45, 2.75) is 57.3 Å². The van der Waals surface area contributed by atoms with Gasteiger partial charge in [0.2, 0.25) is 0 Å². The van der Waals surface area contributed by atoms with Crippen LogP contribution in [0.4, 0.5) is 0 Å². The fourth-order valence-corrected chi connectivity index (χ4v) is 3.69. The van der Waals surface area contributed by atoms with Gasteiger partial charge in [-0.2, -0.15) is 0 Å². The van der Waals surface area contributed by atoms with Crippen LogP contribution in [0.25, 0.3) is 0 Å². The minimum Gasteiger partial charge on any atom is -0.508 e. The van der Waals surface area contributed by atoms with Gasteiger partial charge in [-0.25, -0.2) is 0 Å². The highest BCUT2D eigenvalue weighted by Crippen LogP contribution is 2.37. The summed E-state index contributed by atoms with van der Waals surface area (Å²) in [5.41, 5.74) is 2.27. The number of Topliss-reactive ketones (excluding diaryl/α,β-unsaturated/α-hetero) is 1. The van der Waals surface area contributed by atoms with Crippen LogP contribution in [-0.2, 0) is 11.2 Å². The summed E-state index contributed by atoms with van der Waals surface area (Å²) in [6.45, 7) is 0.662. The molecule has 0 aromatic heterocycles. The number of aromatic hydroxyl groups is 1. The molecule has 1 unspecified atom stereocenters. The summed E-state index contributed by atoms with van der Waals surface area (Å²) < 4.78 is 5.78. The Labute approximate surface area is 156 Å². The van der Waals surface area contributed by atoms with Gasteiger partial charge in [-0.1, -0.05) is 36.4 Å². The van der Waals surface area contributed by atoms with E-state index in [1.165, 1.54) is 5.56 Å². The topological polar surface area (TPSA) is 46.5 Å². The van der Waals surface area contributed by atoms with E-state index in [2.05, 4.69) is 24.3 Å². The molecule has 0 saturated heterocycles. The van der Waals surface area contributed by atoms with E-state index in [4.69, 9.17) is 4.74 Å². The summed E-state index contributed by atoms with van der Waals surface area (Å²) in [5.74, 6) is 1.42. The van der Waals surface area contributed by atoms with Gasteiger partial charge in [0.1, 0.15) is 17.3 Å². The van der Waals surface area contributed by atoms with E-state index in [0.29, 0.717) is 31.0 Å². The van der Waals surface area contributed by atoms with Crippen molar-refractivity contribution in [2.24, 2.45) is 0 Å². The van der Waals surface area contributed by atoms with Crippen molar-refractivity contribution in [3.05, 3.63) is 59.7 Å². The Bertz CT molecular complexity index is 709. The van der Waals surface area contributed by atoms with Crippen LogP contribution in [0.15, 0.2) is 48.5 Å². The zero-order valence-electron chi connectivity index (χ0n) is 15.3. The average molecular weight is 352 g/mol. The van der Waals surface area contributed by atoms with E-state index in [9.17, 15) is 9.90 Å². The predicted molar refractivity (Wildman–Crippen MR) is 104 cm³/mol. The number of hydrogen-bond acceptors (Lipinski definition) is 3. The zero-order valence-corrected chi connectivity index (χ0v) is 15.3. The highest BCUT2D eigenvalue weighted by molar-refractivity contribution is 5.80. The largest absolute Gasteiger partial charge is 0.508 e. The highest BCUT2D eigenvalue weighted by atomic mass is 16.5. The first-order valence-electron chi connectivity index (χ1n) is 9.74. The van der Waals surface area contributed by atoms with E-state index < -0.39 is 0 Å². The van der Waals surface area contributed by atoms with Gasteiger partial charge in [0.05, 0.1) is 6.61 Å². The number of phenolic OH excluding ortho intramolecular Hbond substituents is 1. The number of phenols is 1. The van der Waals surface area contributed by atoms with Gasteiger partial charge in [0.25, 0.3) is 0 Å². The van der Waals surface area contributed by atoms with E-state index >= 15 is 0 Å². The summed E-state index contributed by atoms with van der Waals surface area (Å²) in [6, 6.07) is 16.1. The molecular formula is C23H28O3. The number of hydrogen-bond donors (Lipinski definition) is 1. The number of ketones is 1. The molecule has 1 N–H and O–H groups in total. The van der Waals surface area contributed by atoms with Crippen molar-refractivity contribution in [3.63, 3.8) is 0 Å². The second kappa shape index (κ2) is 9.42. The molecule has 2 aromatic carbocycles. The molecule has 0 radical (unpaired) electrons. The highest BCUT2D eigenvalue weighted by Gasteiger charge is 2.23. The van der Waals surface area contributed by atoms with Gasteiger partial charge in [-0.05, 0) is 61.6 Å². The van der Waals surface area contributed by atoms with Crippen molar-refractivity contribution >= 4 is 5.78 Å². The Morgan fingerprint density at radius 3 is 2.65 bits per heavy atom. The number of aryl methyl sites for hydroxylation is 1. The van der Waals surface area contributed by atoms with Crippen LogP contribution in [-0.4, -0.2) is 17.5 Å². The Morgan fingerprint density at radius 1 is 1.04 bits per heavy atom. The van der Waals surface area contributed by atoms with Crippen LogP contribution in [0.1, 0.15) is 62.0 Å². The molecule has 3 nitrogen and oxygen atoms in total. The molecule has 0 bridgehead atoms. The Morgan fingerprint density at radius 2 is 1.88 bits per heavy atom. The minimum atomic E-state index is 0.156. The van der Waals surface area contributed by atoms with Crippen LogP contribution < -0.4 is 4.74 Å². The van der Waals surface area contributed by atoms with Crippen molar-refractivity contribution in [1.82, 2.24) is 0 Å². The van der Waals surface area contributed by atoms with Crippen LogP contribution in [0, 0.1) is 0 Å². The average Bonchev–Trinajstić information content (AvgIpc) is 2.65. The third-order valence-electron chi connectivity index (χ3n) is 5.15. The van der Waals surface area contributed by atoms with Crippen LogP contribution in [0.5, 0.6) is 11.5 Å². The molecule has 0 heterocycles. The van der Waals surface area contributed by atoms with Gasteiger partial charge in [0, 0.05) is 18.9 Å². The maximum absolute atomic E-state index is 11.6. The molecule has 3 heteroatoms. The predicted octanol–water partition coefficient (Wildman–Crippen LogP) is 5.41. The molecule has 26 heavy (non-hydrogen) atoms. The second-order valence-electron chi connectivity index (χ2n) is 7.20. The van der Waals surface area contributed by atoms with E-state index in [1.54, 1.807) is 6.07 Å². The van der Waals surface area contributed by atoms with Crippen molar-refractivity contribution in [1.29, 1.82) is 0 Å². The third-order valence-corrected chi connectivity index (χ3v) is 5.15. The maximum atomic E-state index is 11.6. The van der Waals surface area contributed by atoms with Gasteiger partial charge in [-0.15, -0.1) is 0 Å². The number of ether oxygens (including phenoxy) is 1. The van der Waals surface area contributed by atoms with Gasteiger partial charge in [-0.3, -0.25) is 4.79 Å². The number of carbonyl (C=O) groups excluding carboxylic acids is 1. The van der Waals surface area contributed by atoms with Crippen LogP contribution in [0.2, 0.25) is 0 Å². The molecule has 1 aliphatic rings. The lowest BCUT2D eigenvalue weighted by Gasteiger charge is -2.22. The number of rotatable bonds is 8. The zero-order chi connectivity index (χ0) is 18.2. The number of unbranched alkanes of at least 4 members (excludes halogenated alkanes) is 2. The van der Waals surface area contributed by atoms with E-state index in [0.717, 1.165) is 44.1 Å². The van der Waals surface area contributed by atoms with E-state index in [-0.39, 0.29) is 11.7 Å². The first kappa shape index (κ1) is 18.5. The normalized spacial score (nSPS) is 17.2. The SMILES string of the molecule is O=C1CCCC(c2ccc(OCCCCCc3ccccc3)cc2O)C1. The molecule has 138 valence electrons. The molecule has 2 aromatic rings. The summed E-state index contributed by atoms with van der Waals surface area (Å²) in [7, 11) is 0. The first-order chi connectivity index (χ1) is 12.7. The fourth-order valence-electron chi connectivity index (χ4n) is 3.69. The second-order valence-corrected chi connectivity index (χ2v) is 7.20. The molecule has 0 aliphatic heterocycles. The minimum absolute atomic E-state index is 0.156. The van der Waals surface area contributed by atoms with Crippen molar-refractivity contribution in [3.8, 4) is 11.5 Å². The van der Waals surface area contributed by atoms with Gasteiger partial charge in [0.15, 0.2) is 0 Å². The first-order valence-corrected chi connectivity index (χ1v) is 9.74.